The fraction of sp³-hybridized carbons (Fsp3) is 0.294. The van der Waals surface area contributed by atoms with Gasteiger partial charge in [0.05, 0.1) is 10.1 Å². The predicted molar refractivity (Wildman–Crippen MR) is 84.0 cm³/mol. The molecule has 3 rings (SSSR count). The van der Waals surface area contributed by atoms with E-state index in [9.17, 15) is 8.42 Å². The van der Waals surface area contributed by atoms with Crippen LogP contribution in [-0.2, 0) is 16.3 Å². The first kappa shape index (κ1) is 14.3. The van der Waals surface area contributed by atoms with Crippen molar-refractivity contribution in [1.82, 2.24) is 0 Å². The van der Waals surface area contributed by atoms with Crippen molar-refractivity contribution >= 4 is 9.84 Å². The van der Waals surface area contributed by atoms with Crippen molar-refractivity contribution in [2.75, 3.05) is 0 Å². The lowest BCUT2D eigenvalue weighted by atomic mass is 10.1. The number of hydrogen-bond acceptors (Lipinski definition) is 3. The molecule has 1 saturated carbocycles. The van der Waals surface area contributed by atoms with Crippen LogP contribution in [0.1, 0.15) is 24.0 Å². The van der Waals surface area contributed by atoms with Gasteiger partial charge in [0.1, 0.15) is 0 Å². The van der Waals surface area contributed by atoms with Crippen LogP contribution in [0.5, 0.6) is 0 Å². The van der Waals surface area contributed by atoms with Crippen molar-refractivity contribution in [3.05, 3.63) is 65.7 Å². The van der Waals surface area contributed by atoms with E-state index < -0.39 is 15.1 Å². The van der Waals surface area contributed by atoms with Gasteiger partial charge >= 0.3 is 0 Å². The average Bonchev–Trinajstić information content (AvgIpc) is 3.20. The Morgan fingerprint density at radius 3 is 2.19 bits per heavy atom. The highest BCUT2D eigenvalue weighted by Gasteiger charge is 2.56. The molecule has 0 unspecified atom stereocenters. The lowest BCUT2D eigenvalue weighted by Gasteiger charge is -2.04. The van der Waals surface area contributed by atoms with E-state index in [1.54, 1.807) is 24.3 Å². The van der Waals surface area contributed by atoms with Crippen LogP contribution in [0.4, 0.5) is 0 Å². The van der Waals surface area contributed by atoms with Crippen LogP contribution in [0.2, 0.25) is 0 Å². The van der Waals surface area contributed by atoms with Gasteiger partial charge in [0.25, 0.3) is 0 Å². The summed E-state index contributed by atoms with van der Waals surface area (Å²) in [6.45, 7) is 2.10. The lowest BCUT2D eigenvalue weighted by Crippen LogP contribution is -2.15. The van der Waals surface area contributed by atoms with Crippen LogP contribution in [0.3, 0.4) is 0 Å². The van der Waals surface area contributed by atoms with Gasteiger partial charge in [0.15, 0.2) is 9.84 Å². The smallest absolute Gasteiger partial charge is 0.183 e. The SMILES string of the molecule is CCc1ccc([C@@H]2[C@H](N)[C@H]2S(=O)(=O)c2ccccc2)cc1. The van der Waals surface area contributed by atoms with Gasteiger partial charge < -0.3 is 5.73 Å². The van der Waals surface area contributed by atoms with E-state index in [2.05, 4.69) is 6.92 Å². The second kappa shape index (κ2) is 5.28. The quantitative estimate of drug-likeness (QED) is 0.944. The van der Waals surface area contributed by atoms with E-state index in [0.29, 0.717) is 4.90 Å². The Bertz CT molecular complexity index is 723. The molecule has 21 heavy (non-hydrogen) atoms. The molecule has 1 fully saturated rings. The fourth-order valence-corrected chi connectivity index (χ4v) is 4.93. The van der Waals surface area contributed by atoms with E-state index in [-0.39, 0.29) is 12.0 Å². The number of sulfone groups is 1. The van der Waals surface area contributed by atoms with Gasteiger partial charge in [-0.1, -0.05) is 49.4 Å². The van der Waals surface area contributed by atoms with Gasteiger partial charge in [0.2, 0.25) is 0 Å². The normalized spacial score (nSPS) is 24.8. The zero-order valence-electron chi connectivity index (χ0n) is 11.9. The molecular weight excluding hydrogens is 282 g/mol. The third kappa shape index (κ3) is 2.49. The maximum Gasteiger partial charge on any atom is 0.183 e. The predicted octanol–water partition coefficient (Wildman–Crippen LogP) is 2.52. The first-order valence-corrected chi connectivity index (χ1v) is 8.73. The first-order valence-electron chi connectivity index (χ1n) is 7.19. The molecule has 0 amide bonds. The second-order valence-electron chi connectivity index (χ2n) is 5.52. The molecule has 0 heterocycles. The Balaban J connectivity index is 1.88. The molecule has 0 saturated heterocycles. The van der Waals surface area contributed by atoms with Gasteiger partial charge in [-0.2, -0.15) is 0 Å². The van der Waals surface area contributed by atoms with Crippen LogP contribution in [0.25, 0.3) is 0 Å². The monoisotopic (exact) mass is 301 g/mol. The number of hydrogen-bond donors (Lipinski definition) is 1. The third-order valence-electron chi connectivity index (χ3n) is 4.21. The van der Waals surface area contributed by atoms with Crippen LogP contribution in [0.15, 0.2) is 59.5 Å². The minimum absolute atomic E-state index is 0.0962. The highest BCUT2D eigenvalue weighted by atomic mass is 32.2. The summed E-state index contributed by atoms with van der Waals surface area (Å²) in [4.78, 5) is 0.359. The molecule has 3 atom stereocenters. The summed E-state index contributed by atoms with van der Waals surface area (Å²) in [7, 11) is -3.35. The van der Waals surface area contributed by atoms with Crippen molar-refractivity contribution in [3.8, 4) is 0 Å². The molecule has 110 valence electrons. The zero-order valence-corrected chi connectivity index (χ0v) is 12.8. The molecule has 1 aliphatic carbocycles. The maximum absolute atomic E-state index is 12.6. The molecule has 4 heteroatoms. The summed E-state index contributed by atoms with van der Waals surface area (Å²) in [5.74, 6) is -0.0962. The van der Waals surface area contributed by atoms with Crippen LogP contribution >= 0.6 is 0 Å². The van der Waals surface area contributed by atoms with E-state index in [1.807, 2.05) is 30.3 Å². The Hall–Kier alpha value is -1.65. The van der Waals surface area contributed by atoms with Crippen LogP contribution in [0, 0.1) is 0 Å². The Labute approximate surface area is 125 Å². The maximum atomic E-state index is 12.6. The molecule has 2 aromatic carbocycles. The fourth-order valence-electron chi connectivity index (χ4n) is 2.86. The summed E-state index contributed by atoms with van der Waals surface area (Å²) in [5.41, 5.74) is 8.32. The molecule has 0 spiro atoms. The van der Waals surface area contributed by atoms with E-state index >= 15 is 0 Å². The molecule has 1 aliphatic rings. The topological polar surface area (TPSA) is 60.2 Å². The molecule has 3 nitrogen and oxygen atoms in total. The summed E-state index contributed by atoms with van der Waals surface area (Å²) in [6.07, 6.45) is 0.975. The summed E-state index contributed by atoms with van der Waals surface area (Å²) in [5, 5.41) is -0.507. The van der Waals surface area contributed by atoms with Crippen molar-refractivity contribution in [2.45, 2.75) is 35.4 Å². The molecular formula is C17H19NO2S. The van der Waals surface area contributed by atoms with Gasteiger partial charge in [-0.25, -0.2) is 8.42 Å². The highest BCUT2D eigenvalue weighted by molar-refractivity contribution is 7.92. The molecule has 2 aromatic rings. The standard InChI is InChI=1S/C17H19NO2S/c1-2-12-8-10-13(11-9-12)15-16(18)17(15)21(19,20)14-6-4-3-5-7-14/h3-11,15-17H,2,18H2,1H3/t15-,16+,17+/m1/s1. The Morgan fingerprint density at radius 2 is 1.62 bits per heavy atom. The minimum atomic E-state index is -3.35. The molecule has 0 aliphatic heterocycles. The number of nitrogens with two attached hydrogens (primary N) is 1. The van der Waals surface area contributed by atoms with Gasteiger partial charge in [0, 0.05) is 12.0 Å². The van der Waals surface area contributed by atoms with Gasteiger partial charge in [-0.3, -0.25) is 0 Å². The van der Waals surface area contributed by atoms with Crippen LogP contribution in [-0.4, -0.2) is 19.7 Å². The molecule has 2 N–H and O–H groups in total. The second-order valence-corrected chi connectivity index (χ2v) is 7.63. The summed E-state index contributed by atoms with van der Waals surface area (Å²) >= 11 is 0. The molecule has 0 radical (unpaired) electrons. The molecule has 0 aromatic heterocycles. The third-order valence-corrected chi connectivity index (χ3v) is 6.46. The number of aryl methyl sites for hydroxylation is 1. The minimum Gasteiger partial charge on any atom is -0.326 e. The first-order chi connectivity index (χ1) is 10.1. The van der Waals surface area contributed by atoms with Crippen molar-refractivity contribution in [2.24, 2.45) is 5.73 Å². The number of benzene rings is 2. The average molecular weight is 301 g/mol. The van der Waals surface area contributed by atoms with Crippen molar-refractivity contribution < 1.29 is 8.42 Å². The van der Waals surface area contributed by atoms with Crippen molar-refractivity contribution in [1.29, 1.82) is 0 Å². The summed E-state index contributed by atoms with van der Waals surface area (Å²) in [6, 6.07) is 16.4. The van der Waals surface area contributed by atoms with Gasteiger partial charge in [-0.15, -0.1) is 0 Å². The van der Waals surface area contributed by atoms with E-state index in [4.69, 9.17) is 5.73 Å². The van der Waals surface area contributed by atoms with Crippen molar-refractivity contribution in [3.63, 3.8) is 0 Å². The largest absolute Gasteiger partial charge is 0.326 e. The van der Waals surface area contributed by atoms with E-state index in [0.717, 1.165) is 12.0 Å². The Morgan fingerprint density at radius 1 is 1.00 bits per heavy atom. The number of rotatable bonds is 4. The summed E-state index contributed by atoms with van der Waals surface area (Å²) < 4.78 is 25.3. The Kier molecular flexibility index (Phi) is 3.59. The lowest BCUT2D eigenvalue weighted by molar-refractivity contribution is 0.593. The molecule has 0 bridgehead atoms. The van der Waals surface area contributed by atoms with Crippen LogP contribution < -0.4 is 5.73 Å². The van der Waals surface area contributed by atoms with E-state index in [1.165, 1.54) is 5.56 Å². The zero-order chi connectivity index (χ0) is 15.0. The highest BCUT2D eigenvalue weighted by Crippen LogP contribution is 2.46. The van der Waals surface area contributed by atoms with Gasteiger partial charge in [-0.05, 0) is 29.7 Å².